The number of rotatable bonds is 2. The fourth-order valence-corrected chi connectivity index (χ4v) is 2.46. The Balaban J connectivity index is 2.19. The third kappa shape index (κ3) is 2.28. The monoisotopic (exact) mass is 219 g/mol. The number of hydrogen-bond acceptors (Lipinski definition) is 2. The highest BCUT2D eigenvalue weighted by Crippen LogP contribution is 2.30. The maximum absolute atomic E-state index is 6.38. The summed E-state index contributed by atoms with van der Waals surface area (Å²) in [7, 11) is 0. The standard InChI is InChI=1S/C14H21NO/c1-10-4-3-5-13(11(10)2)14(15)12-6-8-16-9-7-12/h3-5,12,14H,6-9,15H2,1-2H3/t14-/m1/s1. The molecule has 0 saturated carbocycles. The third-order valence-corrected chi connectivity index (χ3v) is 3.78. The Labute approximate surface area is 97.8 Å². The molecule has 1 fully saturated rings. The van der Waals surface area contributed by atoms with Crippen LogP contribution >= 0.6 is 0 Å². The molecular formula is C14H21NO. The first-order valence-corrected chi connectivity index (χ1v) is 6.09. The summed E-state index contributed by atoms with van der Waals surface area (Å²) in [5, 5.41) is 0. The average molecular weight is 219 g/mol. The molecule has 0 amide bonds. The van der Waals surface area contributed by atoms with Crippen LogP contribution in [-0.2, 0) is 4.74 Å². The van der Waals surface area contributed by atoms with Crippen molar-refractivity contribution in [3.63, 3.8) is 0 Å². The van der Waals surface area contributed by atoms with Crippen LogP contribution in [0, 0.1) is 19.8 Å². The van der Waals surface area contributed by atoms with Gasteiger partial charge in [-0.2, -0.15) is 0 Å². The van der Waals surface area contributed by atoms with Gasteiger partial charge in [-0.25, -0.2) is 0 Å². The topological polar surface area (TPSA) is 35.2 Å². The van der Waals surface area contributed by atoms with E-state index in [0.717, 1.165) is 26.1 Å². The second kappa shape index (κ2) is 4.98. The van der Waals surface area contributed by atoms with Crippen molar-refractivity contribution in [2.45, 2.75) is 32.7 Å². The minimum atomic E-state index is 0.170. The number of benzene rings is 1. The second-order valence-electron chi connectivity index (χ2n) is 4.76. The zero-order valence-corrected chi connectivity index (χ0v) is 10.2. The highest BCUT2D eigenvalue weighted by Gasteiger charge is 2.23. The Morgan fingerprint density at radius 2 is 1.94 bits per heavy atom. The van der Waals surface area contributed by atoms with Gasteiger partial charge in [-0.05, 0) is 49.3 Å². The number of aryl methyl sites for hydroxylation is 1. The molecule has 2 nitrogen and oxygen atoms in total. The van der Waals surface area contributed by atoms with Crippen molar-refractivity contribution in [3.05, 3.63) is 34.9 Å². The maximum Gasteiger partial charge on any atom is 0.0469 e. The van der Waals surface area contributed by atoms with Crippen LogP contribution in [0.1, 0.15) is 35.6 Å². The summed E-state index contributed by atoms with van der Waals surface area (Å²) in [5.74, 6) is 0.578. The van der Waals surface area contributed by atoms with Crippen LogP contribution in [0.4, 0.5) is 0 Å². The van der Waals surface area contributed by atoms with Crippen molar-refractivity contribution in [1.82, 2.24) is 0 Å². The van der Waals surface area contributed by atoms with Gasteiger partial charge in [0.2, 0.25) is 0 Å². The molecule has 1 aromatic carbocycles. The van der Waals surface area contributed by atoms with Gasteiger partial charge in [0.25, 0.3) is 0 Å². The van der Waals surface area contributed by atoms with E-state index >= 15 is 0 Å². The van der Waals surface area contributed by atoms with Gasteiger partial charge in [0.05, 0.1) is 0 Å². The Bertz CT molecular complexity index is 356. The Morgan fingerprint density at radius 1 is 1.25 bits per heavy atom. The lowest BCUT2D eigenvalue weighted by molar-refractivity contribution is 0.0583. The highest BCUT2D eigenvalue weighted by molar-refractivity contribution is 5.35. The molecule has 16 heavy (non-hydrogen) atoms. The van der Waals surface area contributed by atoms with Gasteiger partial charge in [-0.1, -0.05) is 18.2 Å². The largest absolute Gasteiger partial charge is 0.381 e. The van der Waals surface area contributed by atoms with Crippen LogP contribution in [0.15, 0.2) is 18.2 Å². The van der Waals surface area contributed by atoms with Crippen molar-refractivity contribution >= 4 is 0 Å². The molecule has 1 aromatic rings. The van der Waals surface area contributed by atoms with Crippen LogP contribution in [0.3, 0.4) is 0 Å². The number of ether oxygens (including phenoxy) is 1. The van der Waals surface area contributed by atoms with Gasteiger partial charge in [0.15, 0.2) is 0 Å². The normalized spacial score (nSPS) is 19.7. The molecule has 1 aliphatic rings. The minimum absolute atomic E-state index is 0.170. The van der Waals surface area contributed by atoms with Crippen molar-refractivity contribution < 1.29 is 4.74 Å². The summed E-state index contributed by atoms with van der Waals surface area (Å²) in [6.07, 6.45) is 2.18. The fraction of sp³-hybridized carbons (Fsp3) is 0.571. The summed E-state index contributed by atoms with van der Waals surface area (Å²) in [4.78, 5) is 0. The van der Waals surface area contributed by atoms with Crippen LogP contribution in [0.2, 0.25) is 0 Å². The molecule has 0 spiro atoms. The lowest BCUT2D eigenvalue weighted by Gasteiger charge is -2.29. The van der Waals surface area contributed by atoms with Crippen molar-refractivity contribution in [2.75, 3.05) is 13.2 Å². The van der Waals surface area contributed by atoms with Crippen LogP contribution in [0.25, 0.3) is 0 Å². The molecule has 0 unspecified atom stereocenters. The van der Waals surface area contributed by atoms with E-state index in [0.29, 0.717) is 5.92 Å². The van der Waals surface area contributed by atoms with E-state index in [1.807, 2.05) is 0 Å². The summed E-state index contributed by atoms with van der Waals surface area (Å²) in [5.41, 5.74) is 10.4. The zero-order chi connectivity index (χ0) is 11.5. The first kappa shape index (κ1) is 11.6. The van der Waals surface area contributed by atoms with Gasteiger partial charge >= 0.3 is 0 Å². The van der Waals surface area contributed by atoms with Crippen LogP contribution in [-0.4, -0.2) is 13.2 Å². The number of nitrogens with two attached hydrogens (primary N) is 1. The predicted octanol–water partition coefficient (Wildman–Crippen LogP) is 2.73. The first-order valence-electron chi connectivity index (χ1n) is 6.09. The molecule has 2 heteroatoms. The third-order valence-electron chi connectivity index (χ3n) is 3.78. The zero-order valence-electron chi connectivity index (χ0n) is 10.2. The molecule has 0 bridgehead atoms. The molecule has 2 N–H and O–H groups in total. The SMILES string of the molecule is Cc1cccc([C@H](N)C2CCOCC2)c1C. The minimum Gasteiger partial charge on any atom is -0.381 e. The number of hydrogen-bond donors (Lipinski definition) is 1. The van der Waals surface area contributed by atoms with E-state index in [1.165, 1.54) is 16.7 Å². The van der Waals surface area contributed by atoms with Gasteiger partial charge in [-0.15, -0.1) is 0 Å². The predicted molar refractivity (Wildman–Crippen MR) is 66.4 cm³/mol. The molecule has 0 aromatic heterocycles. The lowest BCUT2D eigenvalue weighted by atomic mass is 9.85. The van der Waals surface area contributed by atoms with E-state index in [9.17, 15) is 0 Å². The first-order chi connectivity index (χ1) is 7.70. The van der Waals surface area contributed by atoms with Gasteiger partial charge in [0, 0.05) is 19.3 Å². The summed E-state index contributed by atoms with van der Waals surface area (Å²) >= 11 is 0. The van der Waals surface area contributed by atoms with E-state index < -0.39 is 0 Å². The van der Waals surface area contributed by atoms with E-state index in [1.54, 1.807) is 0 Å². The Morgan fingerprint density at radius 3 is 2.62 bits per heavy atom. The molecule has 1 heterocycles. The Hall–Kier alpha value is -0.860. The molecule has 0 radical (unpaired) electrons. The molecular weight excluding hydrogens is 198 g/mol. The molecule has 1 aliphatic heterocycles. The Kier molecular flexibility index (Phi) is 3.62. The van der Waals surface area contributed by atoms with Gasteiger partial charge in [-0.3, -0.25) is 0 Å². The van der Waals surface area contributed by atoms with Crippen molar-refractivity contribution in [1.29, 1.82) is 0 Å². The van der Waals surface area contributed by atoms with Gasteiger partial charge in [0.1, 0.15) is 0 Å². The molecule has 88 valence electrons. The fourth-order valence-electron chi connectivity index (χ4n) is 2.46. The van der Waals surface area contributed by atoms with E-state index in [4.69, 9.17) is 10.5 Å². The van der Waals surface area contributed by atoms with E-state index in [-0.39, 0.29) is 6.04 Å². The van der Waals surface area contributed by atoms with E-state index in [2.05, 4.69) is 32.0 Å². The quantitative estimate of drug-likeness (QED) is 0.830. The van der Waals surface area contributed by atoms with Crippen molar-refractivity contribution in [2.24, 2.45) is 11.7 Å². The van der Waals surface area contributed by atoms with Gasteiger partial charge < -0.3 is 10.5 Å². The smallest absolute Gasteiger partial charge is 0.0469 e. The second-order valence-corrected chi connectivity index (χ2v) is 4.76. The summed E-state index contributed by atoms with van der Waals surface area (Å²) in [6, 6.07) is 6.60. The molecule has 0 aliphatic carbocycles. The molecule has 1 saturated heterocycles. The van der Waals surface area contributed by atoms with Crippen LogP contribution in [0.5, 0.6) is 0 Å². The lowest BCUT2D eigenvalue weighted by Crippen LogP contribution is -2.28. The van der Waals surface area contributed by atoms with Crippen molar-refractivity contribution in [3.8, 4) is 0 Å². The summed E-state index contributed by atoms with van der Waals surface area (Å²) in [6.45, 7) is 6.05. The van der Waals surface area contributed by atoms with Crippen LogP contribution < -0.4 is 5.73 Å². The highest BCUT2D eigenvalue weighted by atomic mass is 16.5. The summed E-state index contributed by atoms with van der Waals surface area (Å²) < 4.78 is 5.38. The molecule has 1 atom stereocenters. The average Bonchev–Trinajstić information content (AvgIpc) is 2.33. The maximum atomic E-state index is 6.38. The molecule has 2 rings (SSSR count).